The first-order valence-corrected chi connectivity index (χ1v) is 4.40. The second-order valence-corrected chi connectivity index (χ2v) is 3.26. The lowest BCUT2D eigenvalue weighted by Crippen LogP contribution is -1.89. The molecule has 0 saturated heterocycles. The van der Waals surface area contributed by atoms with Crippen LogP contribution < -0.4 is 0 Å². The van der Waals surface area contributed by atoms with Crippen molar-refractivity contribution < 1.29 is 0 Å². The minimum absolute atomic E-state index is 0.751. The van der Waals surface area contributed by atoms with Crippen molar-refractivity contribution in [3.63, 3.8) is 0 Å². The van der Waals surface area contributed by atoms with Crippen LogP contribution in [-0.2, 0) is 0 Å². The van der Waals surface area contributed by atoms with Gasteiger partial charge in [-0.15, -0.1) is 0 Å². The van der Waals surface area contributed by atoms with E-state index in [1.165, 1.54) is 10.0 Å². The quantitative estimate of drug-likeness (QED) is 0.384. The molecule has 0 fully saturated rings. The maximum atomic E-state index is 2.40. The highest BCUT2D eigenvalue weighted by molar-refractivity contribution is 14.1. The molecule has 0 unspecified atom stereocenters. The van der Waals surface area contributed by atoms with Gasteiger partial charge in [-0.25, -0.2) is 0 Å². The Morgan fingerprint density at radius 2 is 2.12 bits per heavy atom. The van der Waals surface area contributed by atoms with Crippen LogP contribution in [-0.4, -0.2) is 4.43 Å². The van der Waals surface area contributed by atoms with E-state index in [9.17, 15) is 0 Å². The highest BCUT2D eigenvalue weighted by atomic mass is 127. The Bertz CT molecular complexity index is 80.4. The molecule has 0 aromatic heterocycles. The molecule has 0 spiro atoms. The predicted octanol–water partition coefficient (Wildman–Crippen LogP) is 3.02. The van der Waals surface area contributed by atoms with Gasteiger partial charge in [-0.2, -0.15) is 0 Å². The average Bonchev–Trinajstić information content (AvgIpc) is 1.65. The van der Waals surface area contributed by atoms with E-state index in [1.54, 1.807) is 0 Å². The summed E-state index contributed by atoms with van der Waals surface area (Å²) in [5.41, 5.74) is 1.43. The zero-order chi connectivity index (χ0) is 6.57. The number of allylic oxidation sites excluding steroid dienone is 2. The molecule has 1 atom stereocenters. The number of hydrogen-bond acceptors (Lipinski definition) is 0. The van der Waals surface area contributed by atoms with Gasteiger partial charge in [0.25, 0.3) is 0 Å². The van der Waals surface area contributed by atoms with E-state index in [0.717, 1.165) is 5.92 Å². The van der Waals surface area contributed by atoms with Crippen molar-refractivity contribution in [1.29, 1.82) is 0 Å². The van der Waals surface area contributed by atoms with E-state index < -0.39 is 0 Å². The molecule has 0 aliphatic carbocycles. The molecule has 0 rings (SSSR count). The SMILES string of the molecule is CC(C)=C[C@@H](C)CI. The van der Waals surface area contributed by atoms with Gasteiger partial charge < -0.3 is 0 Å². The van der Waals surface area contributed by atoms with E-state index in [2.05, 4.69) is 49.4 Å². The predicted molar refractivity (Wildman–Crippen MR) is 47.5 cm³/mol. The van der Waals surface area contributed by atoms with Crippen LogP contribution in [0.15, 0.2) is 11.6 Å². The monoisotopic (exact) mass is 224 g/mol. The van der Waals surface area contributed by atoms with Gasteiger partial charge in [0.05, 0.1) is 0 Å². The fourth-order valence-corrected chi connectivity index (χ4v) is 0.868. The van der Waals surface area contributed by atoms with Crippen LogP contribution in [0.5, 0.6) is 0 Å². The van der Waals surface area contributed by atoms with Crippen molar-refractivity contribution in [1.82, 2.24) is 0 Å². The van der Waals surface area contributed by atoms with Crippen molar-refractivity contribution in [2.45, 2.75) is 20.8 Å². The third kappa shape index (κ3) is 4.62. The molecule has 0 aromatic carbocycles. The number of hydrogen-bond donors (Lipinski definition) is 0. The fourth-order valence-electron chi connectivity index (χ4n) is 0.614. The Morgan fingerprint density at radius 1 is 1.62 bits per heavy atom. The van der Waals surface area contributed by atoms with Crippen molar-refractivity contribution in [2.75, 3.05) is 4.43 Å². The molecule has 0 aliphatic heterocycles. The molecule has 0 bridgehead atoms. The minimum atomic E-state index is 0.751. The zero-order valence-electron chi connectivity index (χ0n) is 5.74. The van der Waals surface area contributed by atoms with Crippen LogP contribution >= 0.6 is 22.6 Å². The number of alkyl halides is 1. The molecule has 0 nitrogen and oxygen atoms in total. The Kier molecular flexibility index (Phi) is 4.61. The summed E-state index contributed by atoms with van der Waals surface area (Å²) < 4.78 is 1.23. The highest BCUT2D eigenvalue weighted by Gasteiger charge is 1.90. The lowest BCUT2D eigenvalue weighted by atomic mass is 10.1. The molecule has 0 radical (unpaired) electrons. The Balaban J connectivity index is 3.51. The molecule has 0 amide bonds. The van der Waals surface area contributed by atoms with Crippen LogP contribution in [0.4, 0.5) is 0 Å². The number of halogens is 1. The fraction of sp³-hybridized carbons (Fsp3) is 0.714. The molecular weight excluding hydrogens is 211 g/mol. The van der Waals surface area contributed by atoms with Crippen LogP contribution in [0.2, 0.25) is 0 Å². The van der Waals surface area contributed by atoms with E-state index in [-0.39, 0.29) is 0 Å². The second-order valence-electron chi connectivity index (χ2n) is 2.38. The van der Waals surface area contributed by atoms with Crippen LogP contribution in [0, 0.1) is 5.92 Å². The third-order valence-electron chi connectivity index (χ3n) is 0.861. The van der Waals surface area contributed by atoms with Crippen LogP contribution in [0.1, 0.15) is 20.8 Å². The summed E-state index contributed by atoms with van der Waals surface area (Å²) in [6.07, 6.45) is 2.30. The van der Waals surface area contributed by atoms with Gasteiger partial charge >= 0.3 is 0 Å². The summed E-state index contributed by atoms with van der Waals surface area (Å²) in [5, 5.41) is 0. The molecule has 0 N–H and O–H groups in total. The Morgan fingerprint density at radius 3 is 2.25 bits per heavy atom. The third-order valence-corrected chi connectivity index (χ3v) is 2.25. The van der Waals surface area contributed by atoms with Crippen molar-refractivity contribution >= 4 is 22.6 Å². The molecule has 0 saturated carbocycles. The van der Waals surface area contributed by atoms with Gasteiger partial charge in [0, 0.05) is 4.43 Å². The van der Waals surface area contributed by atoms with E-state index in [4.69, 9.17) is 0 Å². The summed E-state index contributed by atoms with van der Waals surface area (Å²) in [4.78, 5) is 0. The molecule has 0 aromatic rings. The largest absolute Gasteiger partial charge is 0.0857 e. The van der Waals surface area contributed by atoms with E-state index in [0.29, 0.717) is 0 Å². The lowest BCUT2D eigenvalue weighted by molar-refractivity contribution is 0.851. The first-order chi connectivity index (χ1) is 3.66. The van der Waals surface area contributed by atoms with Gasteiger partial charge in [-0.1, -0.05) is 41.2 Å². The Labute approximate surface area is 65.5 Å². The van der Waals surface area contributed by atoms with Crippen LogP contribution in [0.3, 0.4) is 0 Å². The molecular formula is C7H13I. The summed E-state index contributed by atoms with van der Waals surface area (Å²) in [5.74, 6) is 0.751. The van der Waals surface area contributed by atoms with Crippen LogP contribution in [0.25, 0.3) is 0 Å². The highest BCUT2D eigenvalue weighted by Crippen LogP contribution is 2.04. The minimum Gasteiger partial charge on any atom is -0.0857 e. The van der Waals surface area contributed by atoms with Gasteiger partial charge in [-0.05, 0) is 19.8 Å². The maximum Gasteiger partial charge on any atom is 0.00557 e. The number of rotatable bonds is 2. The topological polar surface area (TPSA) is 0 Å². The van der Waals surface area contributed by atoms with E-state index >= 15 is 0 Å². The summed E-state index contributed by atoms with van der Waals surface area (Å²) in [6, 6.07) is 0. The average molecular weight is 224 g/mol. The molecule has 48 valence electrons. The summed E-state index contributed by atoms with van der Waals surface area (Å²) in [6.45, 7) is 6.52. The summed E-state index contributed by atoms with van der Waals surface area (Å²) in [7, 11) is 0. The molecule has 8 heavy (non-hydrogen) atoms. The van der Waals surface area contributed by atoms with E-state index in [1.807, 2.05) is 0 Å². The first-order valence-electron chi connectivity index (χ1n) is 2.87. The van der Waals surface area contributed by atoms with Gasteiger partial charge in [0.1, 0.15) is 0 Å². The normalized spacial score (nSPS) is 13.0. The van der Waals surface area contributed by atoms with Crippen molar-refractivity contribution in [3.8, 4) is 0 Å². The van der Waals surface area contributed by atoms with Gasteiger partial charge in [-0.3, -0.25) is 0 Å². The smallest absolute Gasteiger partial charge is 0.00557 e. The first kappa shape index (κ1) is 8.47. The maximum absolute atomic E-state index is 2.40. The molecule has 0 heterocycles. The summed E-state index contributed by atoms with van der Waals surface area (Å²) >= 11 is 2.40. The molecule has 1 heteroatoms. The second kappa shape index (κ2) is 4.36. The molecule has 0 aliphatic rings. The van der Waals surface area contributed by atoms with Gasteiger partial charge in [0.15, 0.2) is 0 Å². The standard InChI is InChI=1S/C7H13I/c1-6(2)4-7(3)5-8/h4,7H,5H2,1-3H3/t7-/m1/s1. The van der Waals surface area contributed by atoms with Crippen molar-refractivity contribution in [3.05, 3.63) is 11.6 Å². The lowest BCUT2D eigenvalue weighted by Gasteiger charge is -1.98. The van der Waals surface area contributed by atoms with Crippen molar-refractivity contribution in [2.24, 2.45) is 5.92 Å². The van der Waals surface area contributed by atoms with Gasteiger partial charge in [0.2, 0.25) is 0 Å². The zero-order valence-corrected chi connectivity index (χ0v) is 7.90. The Hall–Kier alpha value is 0.470.